The van der Waals surface area contributed by atoms with Crippen molar-refractivity contribution in [3.05, 3.63) is 23.8 Å². The van der Waals surface area contributed by atoms with Crippen molar-refractivity contribution in [2.24, 2.45) is 11.7 Å². The molecule has 0 radical (unpaired) electrons. The van der Waals surface area contributed by atoms with Crippen molar-refractivity contribution < 1.29 is 4.74 Å². The molecule has 1 aromatic carbocycles. The van der Waals surface area contributed by atoms with E-state index >= 15 is 0 Å². The van der Waals surface area contributed by atoms with E-state index in [-0.39, 0.29) is 11.5 Å². The maximum atomic E-state index is 6.34. The first-order valence-corrected chi connectivity index (χ1v) is 8.15. The lowest BCUT2D eigenvalue weighted by molar-refractivity contribution is 0.0571. The number of fused-ring (bicyclic) bond motifs is 1. The van der Waals surface area contributed by atoms with Gasteiger partial charge >= 0.3 is 0 Å². The molecule has 1 aliphatic heterocycles. The van der Waals surface area contributed by atoms with Gasteiger partial charge in [0.2, 0.25) is 0 Å². The summed E-state index contributed by atoms with van der Waals surface area (Å²) in [4.78, 5) is 2.97. The number of nitrogens with two attached hydrogens (primary N) is 1. The molecule has 3 nitrogen and oxygen atoms in total. The third-order valence-electron chi connectivity index (χ3n) is 4.53. The molecule has 1 heterocycles. The van der Waals surface area contributed by atoms with Crippen LogP contribution in [-0.4, -0.2) is 23.7 Å². The van der Waals surface area contributed by atoms with Crippen LogP contribution in [0.4, 0.5) is 5.69 Å². The molecule has 0 fully saturated rings. The number of ether oxygens (including phenoxy) is 1. The maximum absolute atomic E-state index is 6.34. The normalized spacial score (nSPS) is 17.8. The highest BCUT2D eigenvalue weighted by Crippen LogP contribution is 2.40. The third-order valence-corrected chi connectivity index (χ3v) is 4.93. The smallest absolute Gasteiger partial charge is 0.143 e. The molecular weight excluding hydrogens is 280 g/mol. The largest absolute Gasteiger partial charge is 0.483 e. The van der Waals surface area contributed by atoms with Crippen molar-refractivity contribution >= 4 is 22.9 Å². The fraction of sp³-hybridized carbons (Fsp3) is 0.588. The molecule has 0 amide bonds. The minimum absolute atomic E-state index is 0.113. The summed E-state index contributed by atoms with van der Waals surface area (Å²) in [5.41, 5.74) is 8.10. The number of hydrogen-bond donors (Lipinski definition) is 1. The zero-order chi connectivity index (χ0) is 15.6. The van der Waals surface area contributed by atoms with E-state index in [0.717, 1.165) is 37.4 Å². The molecule has 0 aromatic heterocycles. The zero-order valence-electron chi connectivity index (χ0n) is 13.5. The van der Waals surface area contributed by atoms with Crippen LogP contribution in [0.5, 0.6) is 5.75 Å². The predicted molar refractivity (Wildman–Crippen MR) is 93.3 cm³/mol. The molecular formula is C17H26N2OS. The van der Waals surface area contributed by atoms with Crippen LogP contribution in [0.3, 0.4) is 0 Å². The molecule has 2 N–H and O–H groups in total. The van der Waals surface area contributed by atoms with Gasteiger partial charge in [-0.05, 0) is 37.5 Å². The van der Waals surface area contributed by atoms with E-state index in [1.807, 2.05) is 0 Å². The number of nitrogens with zero attached hydrogens (tertiary/aromatic N) is 1. The quantitative estimate of drug-likeness (QED) is 0.842. The predicted octanol–water partition coefficient (Wildman–Crippen LogP) is 3.67. The van der Waals surface area contributed by atoms with Crippen molar-refractivity contribution in [3.63, 3.8) is 0 Å². The number of rotatable bonds is 5. The Kier molecular flexibility index (Phi) is 4.77. The van der Waals surface area contributed by atoms with Crippen LogP contribution in [0.2, 0.25) is 0 Å². The van der Waals surface area contributed by atoms with E-state index in [4.69, 9.17) is 22.7 Å². The first-order valence-electron chi connectivity index (χ1n) is 7.74. The second-order valence-electron chi connectivity index (χ2n) is 6.15. The molecule has 1 aliphatic rings. The lowest BCUT2D eigenvalue weighted by atomic mass is 9.93. The monoisotopic (exact) mass is 306 g/mol. The Hall–Kier alpha value is -1.29. The van der Waals surface area contributed by atoms with Crippen LogP contribution in [0.25, 0.3) is 0 Å². The Balaban J connectivity index is 2.37. The first-order chi connectivity index (χ1) is 9.90. The Morgan fingerprint density at radius 2 is 2.10 bits per heavy atom. The molecule has 0 bridgehead atoms. The fourth-order valence-corrected chi connectivity index (χ4v) is 2.94. The van der Waals surface area contributed by atoms with Crippen LogP contribution in [-0.2, 0) is 0 Å². The van der Waals surface area contributed by atoms with Gasteiger partial charge in [-0.15, -0.1) is 0 Å². The summed E-state index contributed by atoms with van der Waals surface area (Å²) in [7, 11) is 0. The van der Waals surface area contributed by atoms with E-state index in [0.29, 0.717) is 4.99 Å². The van der Waals surface area contributed by atoms with Gasteiger partial charge in [-0.25, -0.2) is 0 Å². The van der Waals surface area contributed by atoms with Crippen LogP contribution >= 0.6 is 12.2 Å². The lowest BCUT2D eigenvalue weighted by Crippen LogP contribution is -2.52. The van der Waals surface area contributed by atoms with Crippen LogP contribution < -0.4 is 15.4 Å². The third kappa shape index (κ3) is 3.31. The maximum Gasteiger partial charge on any atom is 0.143 e. The molecule has 0 spiro atoms. The highest BCUT2D eigenvalue weighted by molar-refractivity contribution is 7.80. The molecule has 0 aliphatic carbocycles. The van der Waals surface area contributed by atoms with Crippen LogP contribution in [0.15, 0.2) is 18.2 Å². The number of aryl methyl sites for hydroxylation is 1. The summed E-state index contributed by atoms with van der Waals surface area (Å²) in [5, 5.41) is 0. The molecule has 21 heavy (non-hydrogen) atoms. The minimum atomic E-state index is -0.113. The van der Waals surface area contributed by atoms with Crippen molar-refractivity contribution in [1.29, 1.82) is 0 Å². The zero-order valence-corrected chi connectivity index (χ0v) is 14.3. The van der Waals surface area contributed by atoms with Gasteiger partial charge in [-0.3, -0.25) is 0 Å². The Morgan fingerprint density at radius 3 is 2.67 bits per heavy atom. The van der Waals surface area contributed by atoms with Gasteiger partial charge in [0.25, 0.3) is 0 Å². The molecule has 4 heteroatoms. The number of hydrogen-bond acceptors (Lipinski definition) is 3. The van der Waals surface area contributed by atoms with Gasteiger partial charge in [0.05, 0.1) is 17.2 Å². The topological polar surface area (TPSA) is 38.5 Å². The van der Waals surface area contributed by atoms with E-state index in [1.54, 1.807) is 0 Å². The van der Waals surface area contributed by atoms with Crippen LogP contribution in [0, 0.1) is 12.8 Å². The van der Waals surface area contributed by atoms with Crippen molar-refractivity contribution in [3.8, 4) is 5.75 Å². The van der Waals surface area contributed by atoms with Gasteiger partial charge in [-0.2, -0.15) is 0 Å². The number of thiocarbonyl (C=S) groups is 1. The standard InChI is InChI=1S/C17H26N2OS/c1-5-17(6-2)11-19(10-13(4)16(18)21)14-9-12(3)7-8-15(14)20-17/h7-9,13H,5-6,10-11H2,1-4H3,(H2,18,21). The van der Waals surface area contributed by atoms with Gasteiger partial charge in [0.1, 0.15) is 11.4 Å². The average Bonchev–Trinajstić information content (AvgIpc) is 2.47. The summed E-state index contributed by atoms with van der Waals surface area (Å²) < 4.78 is 6.34. The molecule has 1 aromatic rings. The van der Waals surface area contributed by atoms with Gasteiger partial charge in [0.15, 0.2) is 0 Å². The molecule has 1 atom stereocenters. The molecule has 0 saturated heterocycles. The Morgan fingerprint density at radius 1 is 1.43 bits per heavy atom. The van der Waals surface area contributed by atoms with E-state index in [1.165, 1.54) is 5.56 Å². The van der Waals surface area contributed by atoms with Crippen molar-refractivity contribution in [2.45, 2.75) is 46.1 Å². The molecule has 1 unspecified atom stereocenters. The van der Waals surface area contributed by atoms with E-state index in [2.05, 4.69) is 50.8 Å². The fourth-order valence-electron chi connectivity index (χ4n) is 2.86. The summed E-state index contributed by atoms with van der Waals surface area (Å²) in [6, 6.07) is 6.38. The van der Waals surface area contributed by atoms with Crippen molar-refractivity contribution in [2.75, 3.05) is 18.0 Å². The highest BCUT2D eigenvalue weighted by atomic mass is 32.1. The second-order valence-corrected chi connectivity index (χ2v) is 6.62. The van der Waals surface area contributed by atoms with Gasteiger partial charge < -0.3 is 15.4 Å². The van der Waals surface area contributed by atoms with E-state index in [9.17, 15) is 0 Å². The molecule has 116 valence electrons. The summed E-state index contributed by atoms with van der Waals surface area (Å²) >= 11 is 5.14. The summed E-state index contributed by atoms with van der Waals surface area (Å²) in [6.45, 7) is 10.3. The summed E-state index contributed by atoms with van der Waals surface area (Å²) in [6.07, 6.45) is 1.99. The lowest BCUT2D eigenvalue weighted by Gasteiger charge is -2.45. The SMILES string of the molecule is CCC1(CC)CN(CC(C)C(N)=S)c2cc(C)ccc2O1. The Bertz CT molecular complexity index is 526. The molecule has 2 rings (SSSR count). The van der Waals surface area contributed by atoms with Gasteiger partial charge in [0, 0.05) is 12.5 Å². The van der Waals surface area contributed by atoms with Crippen LogP contribution in [0.1, 0.15) is 39.2 Å². The minimum Gasteiger partial charge on any atom is -0.483 e. The highest BCUT2D eigenvalue weighted by Gasteiger charge is 2.37. The number of anilines is 1. The second kappa shape index (κ2) is 6.22. The Labute approximate surface area is 133 Å². The van der Waals surface area contributed by atoms with E-state index < -0.39 is 0 Å². The number of benzene rings is 1. The molecule has 0 saturated carbocycles. The van der Waals surface area contributed by atoms with Gasteiger partial charge in [-0.1, -0.05) is 39.1 Å². The van der Waals surface area contributed by atoms with Crippen molar-refractivity contribution in [1.82, 2.24) is 0 Å². The summed E-state index contributed by atoms with van der Waals surface area (Å²) in [5.74, 6) is 1.17. The average molecular weight is 306 g/mol. The first kappa shape index (κ1) is 16.1.